The molecule has 0 radical (unpaired) electrons. The Hall–Kier alpha value is -3.68. The van der Waals surface area contributed by atoms with Crippen molar-refractivity contribution < 1.29 is 4.79 Å². The number of hydrogen-bond acceptors (Lipinski definition) is 5. The van der Waals surface area contributed by atoms with Crippen LogP contribution in [0.5, 0.6) is 0 Å². The van der Waals surface area contributed by atoms with Gasteiger partial charge in [-0.15, -0.1) is 0 Å². The highest BCUT2D eigenvalue weighted by Gasteiger charge is 2.24. The van der Waals surface area contributed by atoms with Crippen LogP contribution in [-0.4, -0.2) is 61.7 Å². The smallest absolute Gasteiger partial charge is 0.270 e. The molecule has 1 aliphatic heterocycles. The molecular weight excluding hydrogens is 354 g/mol. The summed E-state index contributed by atoms with van der Waals surface area (Å²) in [6, 6.07) is 11.7. The maximum Gasteiger partial charge on any atom is 0.270 e. The Bertz CT molecular complexity index is 1080. The molecule has 1 saturated heterocycles. The molecule has 1 aliphatic rings. The van der Waals surface area contributed by atoms with Crippen molar-refractivity contribution in [1.29, 1.82) is 0 Å². The fourth-order valence-electron chi connectivity index (χ4n) is 3.51. The molecule has 8 heteroatoms. The van der Waals surface area contributed by atoms with E-state index < -0.39 is 0 Å². The summed E-state index contributed by atoms with van der Waals surface area (Å²) < 4.78 is 1.69. The number of nitrogens with zero attached hydrogens (tertiary/aromatic N) is 6. The predicted molar refractivity (Wildman–Crippen MR) is 106 cm³/mol. The standard InChI is InChI=1S/C20H19N7O/c28-20(17-12-15-4-1-2-5-16(15)23-17)26-10-8-25(9-11-26)18-13-21-14-19(24-18)27-7-3-6-22-27/h1-7,12-14,23H,8-11H2. The van der Waals surface area contributed by atoms with Gasteiger partial charge in [-0.3, -0.25) is 9.78 Å². The number of hydrogen-bond donors (Lipinski definition) is 1. The quantitative estimate of drug-likeness (QED) is 0.595. The van der Waals surface area contributed by atoms with Crippen LogP contribution in [0.15, 0.2) is 61.2 Å². The Labute approximate surface area is 161 Å². The van der Waals surface area contributed by atoms with Crippen molar-refractivity contribution in [2.75, 3.05) is 31.1 Å². The lowest BCUT2D eigenvalue weighted by atomic mass is 10.2. The number of para-hydroxylation sites is 1. The van der Waals surface area contributed by atoms with Gasteiger partial charge in [0.25, 0.3) is 5.91 Å². The number of H-pyrrole nitrogens is 1. The van der Waals surface area contributed by atoms with E-state index in [1.54, 1.807) is 23.3 Å². The molecule has 0 unspecified atom stereocenters. The average molecular weight is 373 g/mol. The summed E-state index contributed by atoms with van der Waals surface area (Å²) in [7, 11) is 0. The van der Waals surface area contributed by atoms with E-state index in [1.807, 2.05) is 47.5 Å². The summed E-state index contributed by atoms with van der Waals surface area (Å²) in [5.41, 5.74) is 1.62. The molecule has 1 N–H and O–H groups in total. The summed E-state index contributed by atoms with van der Waals surface area (Å²) in [6.45, 7) is 2.70. The summed E-state index contributed by atoms with van der Waals surface area (Å²) in [5, 5.41) is 5.25. The molecule has 0 saturated carbocycles. The van der Waals surface area contributed by atoms with Gasteiger partial charge in [0.1, 0.15) is 11.5 Å². The van der Waals surface area contributed by atoms with Gasteiger partial charge in [-0.2, -0.15) is 5.10 Å². The molecule has 3 aromatic heterocycles. The normalized spacial score (nSPS) is 14.6. The first kappa shape index (κ1) is 16.5. The topological polar surface area (TPSA) is 82.9 Å². The second kappa shape index (κ2) is 6.80. The molecule has 4 aromatic rings. The summed E-state index contributed by atoms with van der Waals surface area (Å²) in [4.78, 5) is 29.1. The van der Waals surface area contributed by atoms with Crippen molar-refractivity contribution >= 4 is 22.6 Å². The van der Waals surface area contributed by atoms with E-state index in [4.69, 9.17) is 0 Å². The molecular formula is C20H19N7O. The highest BCUT2D eigenvalue weighted by Crippen LogP contribution is 2.18. The van der Waals surface area contributed by atoms with Crippen molar-refractivity contribution in [3.05, 3.63) is 66.9 Å². The van der Waals surface area contributed by atoms with Crippen LogP contribution in [0.1, 0.15) is 10.5 Å². The van der Waals surface area contributed by atoms with Crippen molar-refractivity contribution in [2.24, 2.45) is 0 Å². The van der Waals surface area contributed by atoms with Crippen molar-refractivity contribution in [3.8, 4) is 5.82 Å². The summed E-state index contributed by atoms with van der Waals surface area (Å²) >= 11 is 0. The molecule has 1 aromatic carbocycles. The van der Waals surface area contributed by atoms with E-state index in [-0.39, 0.29) is 5.91 Å². The van der Waals surface area contributed by atoms with Crippen LogP contribution >= 0.6 is 0 Å². The lowest BCUT2D eigenvalue weighted by Crippen LogP contribution is -2.49. The lowest BCUT2D eigenvalue weighted by Gasteiger charge is -2.35. The zero-order chi connectivity index (χ0) is 18.9. The van der Waals surface area contributed by atoms with Crippen molar-refractivity contribution in [2.45, 2.75) is 0 Å². The van der Waals surface area contributed by atoms with E-state index >= 15 is 0 Å². The molecule has 140 valence electrons. The molecule has 5 rings (SSSR count). The third-order valence-electron chi connectivity index (χ3n) is 5.00. The zero-order valence-electron chi connectivity index (χ0n) is 15.2. The van der Waals surface area contributed by atoms with Crippen molar-refractivity contribution in [1.82, 2.24) is 29.6 Å². The minimum absolute atomic E-state index is 0.0345. The predicted octanol–water partition coefficient (Wildman–Crippen LogP) is 2.11. The number of rotatable bonds is 3. The van der Waals surface area contributed by atoms with Gasteiger partial charge in [-0.1, -0.05) is 18.2 Å². The number of piperazine rings is 1. The third-order valence-corrected chi connectivity index (χ3v) is 5.00. The largest absolute Gasteiger partial charge is 0.352 e. The number of carbonyl (C=O) groups excluding carboxylic acids is 1. The van der Waals surface area contributed by atoms with E-state index in [0.717, 1.165) is 16.7 Å². The molecule has 0 bridgehead atoms. The van der Waals surface area contributed by atoms with Crippen LogP contribution in [0.25, 0.3) is 16.7 Å². The Morgan fingerprint density at radius 2 is 1.82 bits per heavy atom. The first-order chi connectivity index (χ1) is 13.8. The Morgan fingerprint density at radius 3 is 2.61 bits per heavy atom. The van der Waals surface area contributed by atoms with Gasteiger partial charge in [0, 0.05) is 49.5 Å². The number of fused-ring (bicyclic) bond motifs is 1. The average Bonchev–Trinajstić information content (AvgIpc) is 3.43. The highest BCUT2D eigenvalue weighted by atomic mass is 16.2. The second-order valence-corrected chi connectivity index (χ2v) is 6.74. The molecule has 4 heterocycles. The maximum absolute atomic E-state index is 12.9. The minimum atomic E-state index is 0.0345. The van der Waals surface area contributed by atoms with Gasteiger partial charge in [0.2, 0.25) is 0 Å². The Balaban J connectivity index is 1.28. The monoisotopic (exact) mass is 373 g/mol. The number of nitrogens with one attached hydrogen (secondary N) is 1. The molecule has 8 nitrogen and oxygen atoms in total. The van der Waals surface area contributed by atoms with E-state index in [0.29, 0.717) is 37.7 Å². The number of aromatic amines is 1. The second-order valence-electron chi connectivity index (χ2n) is 6.74. The van der Waals surface area contributed by atoms with Crippen LogP contribution in [0.3, 0.4) is 0 Å². The fraction of sp³-hybridized carbons (Fsp3) is 0.200. The van der Waals surface area contributed by atoms with Gasteiger partial charge in [0.15, 0.2) is 5.82 Å². The summed E-state index contributed by atoms with van der Waals surface area (Å²) in [6.07, 6.45) is 6.99. The van der Waals surface area contributed by atoms with Crippen molar-refractivity contribution in [3.63, 3.8) is 0 Å². The van der Waals surface area contributed by atoms with Crippen LogP contribution in [0.4, 0.5) is 5.82 Å². The lowest BCUT2D eigenvalue weighted by molar-refractivity contribution is 0.0741. The SMILES string of the molecule is O=C(c1cc2ccccc2[nH]1)N1CCN(c2cncc(-n3cccn3)n2)CC1. The van der Waals surface area contributed by atoms with Crippen LogP contribution in [0.2, 0.25) is 0 Å². The minimum Gasteiger partial charge on any atom is -0.352 e. The highest BCUT2D eigenvalue weighted by molar-refractivity contribution is 5.98. The van der Waals surface area contributed by atoms with Crippen LogP contribution in [0, 0.1) is 0 Å². The molecule has 0 spiro atoms. The van der Waals surface area contributed by atoms with E-state index in [9.17, 15) is 4.79 Å². The van der Waals surface area contributed by atoms with Gasteiger partial charge in [0.05, 0.1) is 12.4 Å². The number of amides is 1. The molecule has 28 heavy (non-hydrogen) atoms. The molecule has 0 aliphatic carbocycles. The molecule has 1 fully saturated rings. The van der Waals surface area contributed by atoms with Gasteiger partial charge in [-0.05, 0) is 18.2 Å². The number of anilines is 1. The molecule has 0 atom stereocenters. The van der Waals surface area contributed by atoms with Gasteiger partial charge >= 0.3 is 0 Å². The number of benzene rings is 1. The van der Waals surface area contributed by atoms with Gasteiger partial charge in [-0.25, -0.2) is 9.67 Å². The Morgan fingerprint density at radius 1 is 1.00 bits per heavy atom. The number of aromatic nitrogens is 5. The maximum atomic E-state index is 12.9. The fourth-order valence-corrected chi connectivity index (χ4v) is 3.51. The molecule has 1 amide bonds. The van der Waals surface area contributed by atoms with E-state index in [2.05, 4.69) is 25.0 Å². The van der Waals surface area contributed by atoms with Crippen LogP contribution < -0.4 is 4.90 Å². The van der Waals surface area contributed by atoms with Crippen LogP contribution in [-0.2, 0) is 0 Å². The first-order valence-electron chi connectivity index (χ1n) is 9.22. The Kier molecular flexibility index (Phi) is 4.01. The van der Waals surface area contributed by atoms with Gasteiger partial charge < -0.3 is 14.8 Å². The first-order valence-corrected chi connectivity index (χ1v) is 9.22. The van der Waals surface area contributed by atoms with E-state index in [1.165, 1.54) is 0 Å². The third kappa shape index (κ3) is 2.98. The summed E-state index contributed by atoms with van der Waals surface area (Å²) in [5.74, 6) is 1.51. The zero-order valence-corrected chi connectivity index (χ0v) is 15.2. The number of carbonyl (C=O) groups is 1.